The molecule has 4 atom stereocenters. The third kappa shape index (κ3) is 1.80. The van der Waals surface area contributed by atoms with Gasteiger partial charge in [0.05, 0.1) is 0 Å². The van der Waals surface area contributed by atoms with E-state index < -0.39 is 18.2 Å². The fourth-order valence-corrected chi connectivity index (χ4v) is 2.08. The van der Waals surface area contributed by atoms with Crippen LogP contribution in [0.4, 0.5) is 0 Å². The molecule has 2 fully saturated rings. The predicted octanol–water partition coefficient (Wildman–Crippen LogP) is 0.467. The third-order valence-corrected chi connectivity index (χ3v) is 2.64. The Bertz CT molecular complexity index is 275. The van der Waals surface area contributed by atoms with Crippen LogP contribution in [0.2, 0.25) is 0 Å². The Balaban J connectivity index is 2.19. The number of fused-ring (bicyclic) bond motifs is 1. The van der Waals surface area contributed by atoms with Gasteiger partial charge >= 0.3 is 0 Å². The van der Waals surface area contributed by atoms with E-state index in [1.165, 1.54) is 14.0 Å². The molecule has 2 saturated heterocycles. The number of ether oxygens (including phenoxy) is 4. The molecule has 2 heterocycles. The summed E-state index contributed by atoms with van der Waals surface area (Å²) in [5.74, 6) is -0.741. The quantitative estimate of drug-likeness (QED) is 0.671. The topological polar surface area (TPSA) is 54.0 Å². The first kappa shape index (κ1) is 11.0. The Hall–Kier alpha value is -0.490. The lowest BCUT2D eigenvalue weighted by Gasteiger charge is -2.22. The van der Waals surface area contributed by atoms with Crippen LogP contribution in [0.1, 0.15) is 20.8 Å². The highest BCUT2D eigenvalue weighted by atomic mass is 16.8. The van der Waals surface area contributed by atoms with Crippen LogP contribution in [0.25, 0.3) is 0 Å². The Labute approximate surface area is 88.6 Å². The summed E-state index contributed by atoms with van der Waals surface area (Å²) in [5.41, 5.74) is 0. The van der Waals surface area contributed by atoms with Gasteiger partial charge in [0.2, 0.25) is 0 Å². The van der Waals surface area contributed by atoms with Crippen LogP contribution in [0.15, 0.2) is 0 Å². The number of carbonyl (C=O) groups is 1. The molecule has 0 aromatic rings. The lowest BCUT2D eigenvalue weighted by Crippen LogP contribution is -2.34. The molecule has 0 amide bonds. The molecule has 0 spiro atoms. The SMILES string of the molecule is CO[C@@H]1O[C@@H](C(C)=O)[C@H]2OC(C)(C)O[C@@H]12. The van der Waals surface area contributed by atoms with Crippen molar-refractivity contribution in [1.29, 1.82) is 0 Å². The van der Waals surface area contributed by atoms with Gasteiger partial charge < -0.3 is 18.9 Å². The molecule has 0 aliphatic carbocycles. The van der Waals surface area contributed by atoms with E-state index in [-0.39, 0.29) is 18.0 Å². The molecule has 5 nitrogen and oxygen atoms in total. The highest BCUT2D eigenvalue weighted by Crippen LogP contribution is 2.38. The minimum Gasteiger partial charge on any atom is -0.353 e. The summed E-state index contributed by atoms with van der Waals surface area (Å²) in [4.78, 5) is 11.3. The van der Waals surface area contributed by atoms with Gasteiger partial charge in [-0.2, -0.15) is 0 Å². The lowest BCUT2D eigenvalue weighted by atomic mass is 10.1. The van der Waals surface area contributed by atoms with Crippen molar-refractivity contribution in [1.82, 2.24) is 0 Å². The van der Waals surface area contributed by atoms with E-state index in [0.717, 1.165) is 0 Å². The van der Waals surface area contributed by atoms with E-state index in [4.69, 9.17) is 18.9 Å². The van der Waals surface area contributed by atoms with E-state index in [0.29, 0.717) is 0 Å². The van der Waals surface area contributed by atoms with Crippen molar-refractivity contribution in [3.63, 3.8) is 0 Å². The Kier molecular flexibility index (Phi) is 2.58. The average molecular weight is 216 g/mol. The summed E-state index contributed by atoms with van der Waals surface area (Å²) >= 11 is 0. The van der Waals surface area contributed by atoms with Crippen molar-refractivity contribution >= 4 is 5.78 Å². The van der Waals surface area contributed by atoms with E-state index in [1.54, 1.807) is 0 Å². The van der Waals surface area contributed by atoms with Gasteiger partial charge in [-0.15, -0.1) is 0 Å². The molecule has 2 rings (SSSR count). The molecule has 5 heteroatoms. The summed E-state index contributed by atoms with van der Waals surface area (Å²) in [6.45, 7) is 5.11. The van der Waals surface area contributed by atoms with Crippen LogP contribution < -0.4 is 0 Å². The maximum Gasteiger partial charge on any atom is 0.187 e. The minimum atomic E-state index is -0.677. The Morgan fingerprint density at radius 3 is 2.40 bits per heavy atom. The monoisotopic (exact) mass is 216 g/mol. The number of Topliss-reactive ketones (excluding diaryl/α,β-unsaturated/α-hetero) is 1. The number of hydrogen-bond acceptors (Lipinski definition) is 5. The number of ketones is 1. The van der Waals surface area contributed by atoms with E-state index in [9.17, 15) is 4.79 Å². The first-order valence-electron chi connectivity index (χ1n) is 4.99. The number of carbonyl (C=O) groups excluding carboxylic acids is 1. The van der Waals surface area contributed by atoms with Gasteiger partial charge in [0, 0.05) is 7.11 Å². The van der Waals surface area contributed by atoms with E-state index in [2.05, 4.69) is 0 Å². The highest BCUT2D eigenvalue weighted by molar-refractivity contribution is 5.81. The van der Waals surface area contributed by atoms with Gasteiger partial charge in [0.25, 0.3) is 0 Å². The van der Waals surface area contributed by atoms with E-state index >= 15 is 0 Å². The van der Waals surface area contributed by atoms with Crippen molar-refractivity contribution in [3.05, 3.63) is 0 Å². The van der Waals surface area contributed by atoms with Crippen LogP contribution in [0, 0.1) is 0 Å². The lowest BCUT2D eigenvalue weighted by molar-refractivity contribution is -0.225. The Morgan fingerprint density at radius 2 is 1.87 bits per heavy atom. The predicted molar refractivity (Wildman–Crippen MR) is 50.2 cm³/mol. The summed E-state index contributed by atoms with van der Waals surface area (Å²) in [5, 5.41) is 0. The molecule has 0 aromatic carbocycles. The zero-order chi connectivity index (χ0) is 11.2. The van der Waals surface area contributed by atoms with Gasteiger partial charge in [0.1, 0.15) is 18.3 Å². The summed E-state index contributed by atoms with van der Waals surface area (Å²) in [7, 11) is 1.53. The smallest absolute Gasteiger partial charge is 0.187 e. The normalized spacial score (nSPS) is 42.9. The maximum atomic E-state index is 11.3. The van der Waals surface area contributed by atoms with Gasteiger partial charge in [-0.1, -0.05) is 0 Å². The fraction of sp³-hybridized carbons (Fsp3) is 0.900. The van der Waals surface area contributed by atoms with Gasteiger partial charge in [-0.25, -0.2) is 0 Å². The van der Waals surface area contributed by atoms with Crippen molar-refractivity contribution in [2.75, 3.05) is 7.11 Å². The van der Waals surface area contributed by atoms with Crippen LogP contribution in [-0.2, 0) is 23.7 Å². The van der Waals surface area contributed by atoms with Gasteiger partial charge in [-0.05, 0) is 20.8 Å². The second-order valence-electron chi connectivity index (χ2n) is 4.34. The summed E-state index contributed by atoms with van der Waals surface area (Å²) in [6, 6.07) is 0. The molecule has 2 aliphatic rings. The molecular formula is C10H16O5. The molecule has 0 radical (unpaired) electrons. The second kappa shape index (κ2) is 3.52. The third-order valence-electron chi connectivity index (χ3n) is 2.64. The van der Waals surface area contributed by atoms with Crippen LogP contribution in [0.5, 0.6) is 0 Å². The first-order valence-corrected chi connectivity index (χ1v) is 4.99. The van der Waals surface area contributed by atoms with Crippen LogP contribution >= 0.6 is 0 Å². The average Bonchev–Trinajstić information content (AvgIpc) is 2.57. The van der Waals surface area contributed by atoms with Crippen LogP contribution in [-0.4, -0.2) is 43.3 Å². The van der Waals surface area contributed by atoms with Crippen LogP contribution in [0.3, 0.4) is 0 Å². The minimum absolute atomic E-state index is 0.0640. The van der Waals surface area contributed by atoms with Gasteiger partial charge in [-0.3, -0.25) is 4.79 Å². The number of hydrogen-bond donors (Lipinski definition) is 0. The molecule has 0 aromatic heterocycles. The molecule has 0 unspecified atom stereocenters. The first-order chi connectivity index (χ1) is 6.94. The van der Waals surface area contributed by atoms with Crippen molar-refractivity contribution in [2.24, 2.45) is 0 Å². The zero-order valence-electron chi connectivity index (χ0n) is 9.35. The molecule has 2 aliphatic heterocycles. The highest BCUT2D eigenvalue weighted by Gasteiger charge is 2.56. The molecule has 0 N–H and O–H groups in total. The van der Waals surface area contributed by atoms with Gasteiger partial charge in [0.15, 0.2) is 17.9 Å². The van der Waals surface area contributed by atoms with Crippen molar-refractivity contribution in [2.45, 2.75) is 51.2 Å². The molecule has 86 valence electrons. The second-order valence-corrected chi connectivity index (χ2v) is 4.34. The fourth-order valence-electron chi connectivity index (χ4n) is 2.08. The number of methoxy groups -OCH3 is 1. The Morgan fingerprint density at radius 1 is 1.27 bits per heavy atom. The standard InChI is InChI=1S/C10H16O5/c1-5(11)6-7-8(9(12-4)13-6)15-10(2,3)14-7/h6-9H,1-4H3/t6-,7+,8+,9+/m0/s1. The van der Waals surface area contributed by atoms with Crippen molar-refractivity contribution < 1.29 is 23.7 Å². The van der Waals surface area contributed by atoms with Crippen molar-refractivity contribution in [3.8, 4) is 0 Å². The maximum absolute atomic E-state index is 11.3. The molecular weight excluding hydrogens is 200 g/mol. The zero-order valence-corrected chi connectivity index (χ0v) is 9.35. The number of rotatable bonds is 2. The molecule has 0 saturated carbocycles. The molecule has 0 bridgehead atoms. The summed E-state index contributed by atoms with van der Waals surface area (Å²) in [6.07, 6.45) is -1.78. The van der Waals surface area contributed by atoms with E-state index in [1.807, 2.05) is 13.8 Å². The largest absolute Gasteiger partial charge is 0.353 e. The summed E-state index contributed by atoms with van der Waals surface area (Å²) < 4.78 is 21.8. The molecule has 15 heavy (non-hydrogen) atoms.